The molecule has 2 amide bonds. The van der Waals surface area contributed by atoms with Crippen LogP contribution in [0.3, 0.4) is 0 Å². The Kier molecular flexibility index (Phi) is 5.18. The Morgan fingerprint density at radius 1 is 0.897 bits per heavy atom. The van der Waals surface area contributed by atoms with Gasteiger partial charge in [-0.3, -0.25) is 9.59 Å². The van der Waals surface area contributed by atoms with Crippen LogP contribution in [-0.2, 0) is 9.59 Å². The van der Waals surface area contributed by atoms with Crippen molar-refractivity contribution in [2.75, 3.05) is 10.2 Å². The molecular weight excluding hydrogens is 384 g/mol. The average Bonchev–Trinajstić information content (AvgIpc) is 3.30. The lowest BCUT2D eigenvalue weighted by Gasteiger charge is -2.20. The summed E-state index contributed by atoms with van der Waals surface area (Å²) in [7, 11) is 0. The summed E-state index contributed by atoms with van der Waals surface area (Å²) in [6.45, 7) is 3.81. The van der Waals surface area contributed by atoms with Crippen molar-refractivity contribution >= 4 is 40.1 Å². The number of nitrogens with zero attached hydrogens (tertiary/aromatic N) is 1. The minimum absolute atomic E-state index is 0.0874. The van der Waals surface area contributed by atoms with E-state index in [0.717, 1.165) is 10.6 Å². The third-order valence-electron chi connectivity index (χ3n) is 4.36. The van der Waals surface area contributed by atoms with E-state index in [2.05, 4.69) is 5.32 Å². The molecular formula is C23H20N2O3S. The summed E-state index contributed by atoms with van der Waals surface area (Å²) >= 11 is 1.42. The number of benzene rings is 2. The molecule has 2 aromatic carbocycles. The van der Waals surface area contributed by atoms with Gasteiger partial charge in [-0.2, -0.15) is 0 Å². The molecule has 146 valence electrons. The molecule has 0 saturated carbocycles. The van der Waals surface area contributed by atoms with Crippen LogP contribution >= 0.6 is 11.3 Å². The number of anilines is 2. The van der Waals surface area contributed by atoms with Crippen molar-refractivity contribution in [1.82, 2.24) is 0 Å². The second-order valence-electron chi connectivity index (χ2n) is 6.80. The van der Waals surface area contributed by atoms with E-state index in [9.17, 15) is 9.59 Å². The van der Waals surface area contributed by atoms with Crippen molar-refractivity contribution in [3.8, 4) is 5.75 Å². The first-order chi connectivity index (χ1) is 14.1. The molecule has 1 aliphatic heterocycles. The summed E-state index contributed by atoms with van der Waals surface area (Å²) < 4.78 is 5.85. The molecule has 4 rings (SSSR count). The largest absolute Gasteiger partial charge is 0.489 e. The van der Waals surface area contributed by atoms with Gasteiger partial charge in [0.15, 0.2) is 0 Å². The second kappa shape index (κ2) is 7.93. The highest BCUT2D eigenvalue weighted by atomic mass is 32.1. The summed E-state index contributed by atoms with van der Waals surface area (Å²) in [5.41, 5.74) is 1.82. The van der Waals surface area contributed by atoms with Gasteiger partial charge in [0.25, 0.3) is 11.8 Å². The van der Waals surface area contributed by atoms with Crippen LogP contribution in [-0.4, -0.2) is 17.9 Å². The molecule has 1 aromatic heterocycles. The summed E-state index contributed by atoms with van der Waals surface area (Å²) in [6.07, 6.45) is -0.0874. The zero-order valence-electron chi connectivity index (χ0n) is 16.1. The molecule has 0 bridgehead atoms. The summed E-state index contributed by atoms with van der Waals surface area (Å²) in [4.78, 5) is 28.7. The molecule has 0 unspecified atom stereocenters. The van der Waals surface area contributed by atoms with Gasteiger partial charge in [-0.15, -0.1) is 11.3 Å². The number of imide groups is 1. The molecule has 0 saturated heterocycles. The molecule has 3 aromatic rings. The first-order valence-electron chi connectivity index (χ1n) is 9.31. The fraction of sp³-hybridized carbons (Fsp3) is 0.130. The lowest BCUT2D eigenvalue weighted by molar-refractivity contribution is -0.120. The van der Waals surface area contributed by atoms with Crippen LogP contribution in [0.25, 0.3) is 5.57 Å². The molecule has 0 atom stereocenters. The summed E-state index contributed by atoms with van der Waals surface area (Å²) in [6, 6.07) is 20.2. The lowest BCUT2D eigenvalue weighted by Crippen LogP contribution is -2.33. The predicted octanol–water partition coefficient (Wildman–Crippen LogP) is 4.93. The van der Waals surface area contributed by atoms with E-state index in [1.807, 2.05) is 67.8 Å². The van der Waals surface area contributed by atoms with Crippen LogP contribution in [0.4, 0.5) is 11.4 Å². The number of carbonyl (C=O) groups is 2. The Bertz CT molecular complexity index is 1070. The van der Waals surface area contributed by atoms with Crippen molar-refractivity contribution in [3.63, 3.8) is 0 Å². The Morgan fingerprint density at radius 3 is 2.31 bits per heavy atom. The van der Waals surface area contributed by atoms with Gasteiger partial charge < -0.3 is 10.1 Å². The van der Waals surface area contributed by atoms with Gasteiger partial charge in [0.1, 0.15) is 11.4 Å². The zero-order valence-corrected chi connectivity index (χ0v) is 16.9. The van der Waals surface area contributed by atoms with Crippen LogP contribution < -0.4 is 15.0 Å². The SMILES string of the molecule is CC(C)Oc1ccccc1N1C(=O)C(Nc2ccccc2)=C(c2cccs2)C1=O. The van der Waals surface area contributed by atoms with Crippen LogP contribution in [0.5, 0.6) is 5.75 Å². The molecule has 0 radical (unpaired) electrons. The quantitative estimate of drug-likeness (QED) is 0.592. The maximum Gasteiger partial charge on any atom is 0.282 e. The van der Waals surface area contributed by atoms with Gasteiger partial charge in [-0.1, -0.05) is 36.4 Å². The van der Waals surface area contributed by atoms with Gasteiger partial charge >= 0.3 is 0 Å². The van der Waals surface area contributed by atoms with Crippen LogP contribution in [0.15, 0.2) is 77.8 Å². The summed E-state index contributed by atoms with van der Waals surface area (Å²) in [5.74, 6) is -0.270. The highest BCUT2D eigenvalue weighted by Gasteiger charge is 2.41. The highest BCUT2D eigenvalue weighted by Crippen LogP contribution is 2.39. The van der Waals surface area contributed by atoms with Crippen LogP contribution in [0.1, 0.15) is 18.7 Å². The number of ether oxygens (including phenoxy) is 1. The molecule has 29 heavy (non-hydrogen) atoms. The number of amides is 2. The van der Waals surface area contributed by atoms with E-state index in [-0.39, 0.29) is 17.7 Å². The molecule has 2 heterocycles. The molecule has 1 aliphatic rings. The fourth-order valence-electron chi connectivity index (χ4n) is 3.18. The molecule has 0 aliphatic carbocycles. The Hall–Kier alpha value is -3.38. The van der Waals surface area contributed by atoms with Gasteiger partial charge in [-0.05, 0) is 49.6 Å². The number of para-hydroxylation sites is 3. The van der Waals surface area contributed by atoms with Gasteiger partial charge in [0.05, 0.1) is 17.4 Å². The molecule has 6 heteroatoms. The van der Waals surface area contributed by atoms with E-state index in [1.165, 1.54) is 16.2 Å². The van der Waals surface area contributed by atoms with E-state index in [0.29, 0.717) is 17.0 Å². The van der Waals surface area contributed by atoms with Crippen molar-refractivity contribution in [3.05, 3.63) is 82.7 Å². The normalized spacial score (nSPS) is 14.1. The number of thiophene rings is 1. The minimum Gasteiger partial charge on any atom is -0.489 e. The monoisotopic (exact) mass is 404 g/mol. The minimum atomic E-state index is -0.401. The number of hydrogen-bond acceptors (Lipinski definition) is 5. The number of hydrogen-bond donors (Lipinski definition) is 1. The van der Waals surface area contributed by atoms with Crippen molar-refractivity contribution < 1.29 is 14.3 Å². The van der Waals surface area contributed by atoms with E-state index < -0.39 is 5.91 Å². The maximum absolute atomic E-state index is 13.4. The standard InChI is InChI=1S/C23H20N2O3S/c1-15(2)28-18-12-7-6-11-17(18)25-22(26)20(19-13-8-14-29-19)21(23(25)27)24-16-9-4-3-5-10-16/h3-15,24H,1-2H3. The zero-order chi connectivity index (χ0) is 20.4. The Morgan fingerprint density at radius 2 is 1.62 bits per heavy atom. The molecule has 0 fully saturated rings. The second-order valence-corrected chi connectivity index (χ2v) is 7.75. The number of nitrogens with one attached hydrogen (secondary N) is 1. The predicted molar refractivity (Wildman–Crippen MR) is 116 cm³/mol. The summed E-state index contributed by atoms with van der Waals surface area (Å²) in [5, 5.41) is 5.04. The van der Waals surface area contributed by atoms with Gasteiger partial charge in [0.2, 0.25) is 0 Å². The van der Waals surface area contributed by atoms with E-state index in [4.69, 9.17) is 4.74 Å². The van der Waals surface area contributed by atoms with E-state index >= 15 is 0 Å². The molecule has 0 spiro atoms. The van der Waals surface area contributed by atoms with Gasteiger partial charge in [0, 0.05) is 10.6 Å². The average molecular weight is 404 g/mol. The first-order valence-corrected chi connectivity index (χ1v) is 10.2. The number of rotatable bonds is 6. The van der Waals surface area contributed by atoms with Crippen molar-refractivity contribution in [2.45, 2.75) is 20.0 Å². The van der Waals surface area contributed by atoms with Crippen molar-refractivity contribution in [1.29, 1.82) is 0 Å². The maximum atomic E-state index is 13.4. The Balaban J connectivity index is 1.79. The lowest BCUT2D eigenvalue weighted by atomic mass is 10.2. The van der Waals surface area contributed by atoms with E-state index in [1.54, 1.807) is 18.2 Å². The topological polar surface area (TPSA) is 58.6 Å². The highest BCUT2D eigenvalue weighted by molar-refractivity contribution is 7.11. The Labute approximate surface area is 173 Å². The van der Waals surface area contributed by atoms with Crippen LogP contribution in [0.2, 0.25) is 0 Å². The number of carbonyl (C=O) groups excluding carboxylic acids is 2. The smallest absolute Gasteiger partial charge is 0.282 e. The molecule has 1 N–H and O–H groups in total. The molecule has 5 nitrogen and oxygen atoms in total. The van der Waals surface area contributed by atoms with Gasteiger partial charge in [-0.25, -0.2) is 4.90 Å². The fourth-order valence-corrected chi connectivity index (χ4v) is 3.94. The first kappa shape index (κ1) is 19.0. The van der Waals surface area contributed by atoms with Crippen LogP contribution in [0, 0.1) is 0 Å². The third-order valence-corrected chi connectivity index (χ3v) is 5.25. The third kappa shape index (κ3) is 3.67. The van der Waals surface area contributed by atoms with Crippen molar-refractivity contribution in [2.24, 2.45) is 0 Å².